The molecular formula is C30H20O. The number of rotatable bonds is 2. The quantitative estimate of drug-likeness (QED) is 0.293. The van der Waals surface area contributed by atoms with Crippen molar-refractivity contribution in [3.05, 3.63) is 115 Å². The van der Waals surface area contributed by atoms with Gasteiger partial charge in [-0.15, -0.1) is 0 Å². The standard InChI is InChI=1S/C30H20O/c31-22-18-16-21(17-19-22)29-25-11-3-5-13-27(25)30(28-14-6-4-12-26(28)29)24-15-7-9-20-8-1-2-10-23(20)24/h1-19,31H. The van der Waals surface area contributed by atoms with Crippen LogP contribution in [0, 0.1) is 0 Å². The van der Waals surface area contributed by atoms with Crippen LogP contribution < -0.4 is 0 Å². The van der Waals surface area contributed by atoms with Gasteiger partial charge in [-0.3, -0.25) is 0 Å². The minimum atomic E-state index is 0.282. The molecule has 1 heteroatoms. The molecule has 0 heterocycles. The molecule has 0 atom stereocenters. The fourth-order valence-electron chi connectivity index (χ4n) is 4.80. The average molecular weight is 396 g/mol. The molecule has 0 bridgehead atoms. The van der Waals surface area contributed by atoms with Crippen molar-refractivity contribution in [2.75, 3.05) is 0 Å². The molecule has 0 aliphatic heterocycles. The van der Waals surface area contributed by atoms with Crippen LogP contribution in [0.3, 0.4) is 0 Å². The normalized spacial score (nSPS) is 11.4. The summed E-state index contributed by atoms with van der Waals surface area (Å²) in [6.45, 7) is 0. The molecule has 6 aromatic carbocycles. The van der Waals surface area contributed by atoms with Crippen LogP contribution in [0.15, 0.2) is 115 Å². The van der Waals surface area contributed by atoms with Gasteiger partial charge in [0.2, 0.25) is 0 Å². The zero-order valence-electron chi connectivity index (χ0n) is 16.9. The average Bonchev–Trinajstić information content (AvgIpc) is 2.83. The Labute approximate surface area is 180 Å². The lowest BCUT2D eigenvalue weighted by Crippen LogP contribution is -1.91. The van der Waals surface area contributed by atoms with Crippen molar-refractivity contribution in [3.63, 3.8) is 0 Å². The number of fused-ring (bicyclic) bond motifs is 3. The molecule has 0 amide bonds. The lowest BCUT2D eigenvalue weighted by Gasteiger charge is -2.18. The summed E-state index contributed by atoms with van der Waals surface area (Å²) < 4.78 is 0. The predicted molar refractivity (Wildman–Crippen MR) is 131 cm³/mol. The molecule has 0 spiro atoms. The molecule has 0 fully saturated rings. The molecule has 31 heavy (non-hydrogen) atoms. The first-order chi connectivity index (χ1) is 15.3. The zero-order chi connectivity index (χ0) is 20.8. The fourth-order valence-corrected chi connectivity index (χ4v) is 4.80. The molecule has 0 aromatic heterocycles. The Balaban J connectivity index is 1.82. The summed E-state index contributed by atoms with van der Waals surface area (Å²) in [4.78, 5) is 0. The van der Waals surface area contributed by atoms with Gasteiger partial charge in [0, 0.05) is 0 Å². The van der Waals surface area contributed by atoms with E-state index in [1.165, 1.54) is 49.0 Å². The van der Waals surface area contributed by atoms with Crippen LogP contribution in [0.2, 0.25) is 0 Å². The number of hydrogen-bond donors (Lipinski definition) is 1. The number of aromatic hydroxyl groups is 1. The number of hydrogen-bond acceptors (Lipinski definition) is 1. The summed E-state index contributed by atoms with van der Waals surface area (Å²) in [6.07, 6.45) is 0. The number of phenols is 1. The summed E-state index contributed by atoms with van der Waals surface area (Å²) in [5.41, 5.74) is 4.83. The molecule has 0 saturated carbocycles. The molecule has 0 unspecified atom stereocenters. The van der Waals surface area contributed by atoms with E-state index < -0.39 is 0 Å². The van der Waals surface area contributed by atoms with Gasteiger partial charge in [-0.05, 0) is 66.7 Å². The molecule has 0 aliphatic rings. The summed E-state index contributed by atoms with van der Waals surface area (Å²) in [5.74, 6) is 0.282. The zero-order valence-corrected chi connectivity index (χ0v) is 16.9. The van der Waals surface area contributed by atoms with E-state index in [9.17, 15) is 5.11 Å². The van der Waals surface area contributed by atoms with Crippen LogP contribution in [0.25, 0.3) is 54.6 Å². The maximum atomic E-state index is 9.82. The molecule has 0 aliphatic carbocycles. The fraction of sp³-hybridized carbons (Fsp3) is 0. The lowest BCUT2D eigenvalue weighted by atomic mass is 9.85. The van der Waals surface area contributed by atoms with Crippen LogP contribution >= 0.6 is 0 Å². The second kappa shape index (κ2) is 7.00. The highest BCUT2D eigenvalue weighted by Crippen LogP contribution is 2.45. The monoisotopic (exact) mass is 396 g/mol. The summed E-state index contributed by atoms with van der Waals surface area (Å²) >= 11 is 0. The molecule has 6 rings (SSSR count). The van der Waals surface area contributed by atoms with Gasteiger partial charge in [0.05, 0.1) is 0 Å². The van der Waals surface area contributed by atoms with E-state index >= 15 is 0 Å². The van der Waals surface area contributed by atoms with Crippen LogP contribution in [-0.4, -0.2) is 5.11 Å². The SMILES string of the molecule is Oc1ccc(-c2c3ccccc3c(-c3cccc4ccccc34)c3ccccc23)cc1. The van der Waals surface area contributed by atoms with E-state index in [1.54, 1.807) is 12.1 Å². The van der Waals surface area contributed by atoms with Gasteiger partial charge >= 0.3 is 0 Å². The first-order valence-electron chi connectivity index (χ1n) is 10.5. The summed E-state index contributed by atoms with van der Waals surface area (Å²) in [7, 11) is 0. The van der Waals surface area contributed by atoms with Crippen molar-refractivity contribution in [2.45, 2.75) is 0 Å². The van der Waals surface area contributed by atoms with E-state index in [2.05, 4.69) is 91.0 Å². The molecule has 0 saturated heterocycles. The van der Waals surface area contributed by atoms with E-state index in [0.717, 1.165) is 5.56 Å². The molecule has 1 N–H and O–H groups in total. The van der Waals surface area contributed by atoms with Gasteiger partial charge in [-0.2, -0.15) is 0 Å². The molecule has 146 valence electrons. The largest absolute Gasteiger partial charge is 0.508 e. The van der Waals surface area contributed by atoms with E-state index in [1.807, 2.05) is 12.1 Å². The Morgan fingerprint density at radius 3 is 1.48 bits per heavy atom. The Kier molecular flexibility index (Phi) is 4.00. The Morgan fingerprint density at radius 2 is 0.871 bits per heavy atom. The van der Waals surface area contributed by atoms with Crippen molar-refractivity contribution >= 4 is 32.3 Å². The summed E-state index contributed by atoms with van der Waals surface area (Å²) in [6, 6.07) is 40.0. The van der Waals surface area contributed by atoms with Gasteiger partial charge in [0.15, 0.2) is 0 Å². The minimum Gasteiger partial charge on any atom is -0.508 e. The van der Waals surface area contributed by atoms with E-state index in [-0.39, 0.29) is 5.75 Å². The Morgan fingerprint density at radius 1 is 0.387 bits per heavy atom. The van der Waals surface area contributed by atoms with Crippen molar-refractivity contribution < 1.29 is 5.11 Å². The molecule has 6 aromatic rings. The Hall–Kier alpha value is -4.10. The minimum absolute atomic E-state index is 0.282. The van der Waals surface area contributed by atoms with Crippen molar-refractivity contribution in [3.8, 4) is 28.0 Å². The Bertz CT molecular complexity index is 1510. The molecule has 0 radical (unpaired) electrons. The maximum absolute atomic E-state index is 9.82. The second-order valence-electron chi connectivity index (χ2n) is 7.91. The van der Waals surface area contributed by atoms with Crippen LogP contribution in [-0.2, 0) is 0 Å². The number of benzene rings is 6. The van der Waals surface area contributed by atoms with Crippen molar-refractivity contribution in [2.24, 2.45) is 0 Å². The van der Waals surface area contributed by atoms with E-state index in [4.69, 9.17) is 0 Å². The number of phenolic OH excluding ortho intramolecular Hbond substituents is 1. The van der Waals surface area contributed by atoms with Gasteiger partial charge in [-0.25, -0.2) is 0 Å². The van der Waals surface area contributed by atoms with Crippen molar-refractivity contribution in [1.82, 2.24) is 0 Å². The maximum Gasteiger partial charge on any atom is 0.115 e. The van der Waals surface area contributed by atoms with Gasteiger partial charge in [0.1, 0.15) is 5.75 Å². The predicted octanol–water partition coefficient (Wildman–Crippen LogP) is 8.19. The second-order valence-corrected chi connectivity index (χ2v) is 7.91. The highest BCUT2D eigenvalue weighted by molar-refractivity contribution is 6.23. The van der Waals surface area contributed by atoms with E-state index in [0.29, 0.717) is 0 Å². The molecular weight excluding hydrogens is 376 g/mol. The van der Waals surface area contributed by atoms with Crippen molar-refractivity contribution in [1.29, 1.82) is 0 Å². The smallest absolute Gasteiger partial charge is 0.115 e. The highest BCUT2D eigenvalue weighted by atomic mass is 16.3. The third kappa shape index (κ3) is 2.78. The lowest BCUT2D eigenvalue weighted by molar-refractivity contribution is 0.475. The third-order valence-electron chi connectivity index (χ3n) is 6.15. The third-order valence-corrected chi connectivity index (χ3v) is 6.15. The van der Waals surface area contributed by atoms with Crippen LogP contribution in [0.4, 0.5) is 0 Å². The van der Waals surface area contributed by atoms with Crippen LogP contribution in [0.1, 0.15) is 0 Å². The summed E-state index contributed by atoms with van der Waals surface area (Å²) in [5, 5.41) is 17.2. The first-order valence-corrected chi connectivity index (χ1v) is 10.5. The van der Waals surface area contributed by atoms with Crippen LogP contribution in [0.5, 0.6) is 5.75 Å². The first kappa shape index (κ1) is 17.7. The highest BCUT2D eigenvalue weighted by Gasteiger charge is 2.17. The van der Waals surface area contributed by atoms with Gasteiger partial charge in [0.25, 0.3) is 0 Å². The van der Waals surface area contributed by atoms with Gasteiger partial charge < -0.3 is 5.11 Å². The van der Waals surface area contributed by atoms with Gasteiger partial charge in [-0.1, -0.05) is 103 Å². The molecule has 1 nitrogen and oxygen atoms in total. The topological polar surface area (TPSA) is 20.2 Å².